The predicted molar refractivity (Wildman–Crippen MR) is 77.4 cm³/mol. The summed E-state index contributed by atoms with van der Waals surface area (Å²) in [6.45, 7) is 0. The molecule has 2 bridgehead atoms. The maximum absolute atomic E-state index is 12.2. The van der Waals surface area contributed by atoms with Crippen LogP contribution in [0.15, 0.2) is 24.3 Å². The van der Waals surface area contributed by atoms with Crippen LogP contribution < -0.4 is 0 Å². The summed E-state index contributed by atoms with van der Waals surface area (Å²) < 4.78 is 5.50. The van der Waals surface area contributed by atoms with Crippen molar-refractivity contribution in [2.24, 2.45) is 11.8 Å². The second-order valence-electron chi connectivity index (χ2n) is 5.96. The Labute approximate surface area is 127 Å². The largest absolute Gasteiger partial charge is 0.458 e. The molecular weight excluding hydrogens is 286 g/mol. The van der Waals surface area contributed by atoms with E-state index < -0.39 is 10.9 Å². The number of benzene rings is 1. The minimum absolute atomic E-state index is 0.0699. The smallest absolute Gasteiger partial charge is 0.338 e. The average molecular weight is 303 g/mol. The normalized spacial score (nSPS) is 27.3. The van der Waals surface area contributed by atoms with E-state index in [9.17, 15) is 19.7 Å². The first-order valence-electron chi connectivity index (χ1n) is 7.55. The number of hydrogen-bond acceptors (Lipinski definition) is 5. The van der Waals surface area contributed by atoms with Gasteiger partial charge < -0.3 is 4.74 Å². The average Bonchev–Trinajstić information content (AvgIpc) is 2.50. The molecule has 0 N–H and O–H groups in total. The molecule has 22 heavy (non-hydrogen) atoms. The van der Waals surface area contributed by atoms with E-state index in [1.807, 2.05) is 0 Å². The van der Waals surface area contributed by atoms with Crippen LogP contribution in [0, 0.1) is 22.0 Å². The van der Waals surface area contributed by atoms with Crippen LogP contribution in [0.2, 0.25) is 0 Å². The van der Waals surface area contributed by atoms with Gasteiger partial charge in [0.25, 0.3) is 5.69 Å². The van der Waals surface area contributed by atoms with Gasteiger partial charge in [-0.1, -0.05) is 6.42 Å². The number of Topliss-reactive ketones (excluding diaryl/α,β-unsaturated/α-hetero) is 1. The summed E-state index contributed by atoms with van der Waals surface area (Å²) in [5.74, 6) is -0.307. The first kappa shape index (κ1) is 14.7. The van der Waals surface area contributed by atoms with Gasteiger partial charge in [0.2, 0.25) is 0 Å². The lowest BCUT2D eigenvalue weighted by Gasteiger charge is -2.38. The SMILES string of the molecule is O=C(O[C@@H]1CC[C@@H]2CCC[C@@H]1C2=O)c1ccc([N+](=O)[O-])cc1. The lowest BCUT2D eigenvalue weighted by Crippen LogP contribution is -2.43. The second kappa shape index (κ2) is 5.87. The number of nitro groups is 1. The fourth-order valence-electron chi connectivity index (χ4n) is 3.46. The minimum atomic E-state index is -0.517. The fraction of sp³-hybridized carbons (Fsp3) is 0.500. The van der Waals surface area contributed by atoms with Crippen LogP contribution in [-0.4, -0.2) is 22.8 Å². The van der Waals surface area contributed by atoms with E-state index in [1.165, 1.54) is 24.3 Å². The summed E-state index contributed by atoms with van der Waals surface area (Å²) in [6.07, 6.45) is 3.90. The van der Waals surface area contributed by atoms with Gasteiger partial charge in [-0.3, -0.25) is 14.9 Å². The monoisotopic (exact) mass is 303 g/mol. The third-order valence-corrected chi connectivity index (χ3v) is 4.66. The molecule has 116 valence electrons. The number of nitrogens with zero attached hydrogens (tertiary/aromatic N) is 1. The quantitative estimate of drug-likeness (QED) is 0.487. The highest BCUT2D eigenvalue weighted by Gasteiger charge is 2.42. The van der Waals surface area contributed by atoms with Crippen molar-refractivity contribution < 1.29 is 19.2 Å². The van der Waals surface area contributed by atoms with Crippen molar-refractivity contribution >= 4 is 17.4 Å². The van der Waals surface area contributed by atoms with E-state index in [0.717, 1.165) is 32.1 Å². The summed E-state index contributed by atoms with van der Waals surface area (Å²) in [5.41, 5.74) is 0.204. The molecule has 2 aliphatic rings. The van der Waals surface area contributed by atoms with Crippen molar-refractivity contribution in [3.8, 4) is 0 Å². The molecule has 0 heterocycles. The Morgan fingerprint density at radius 3 is 2.55 bits per heavy atom. The minimum Gasteiger partial charge on any atom is -0.458 e. The first-order valence-corrected chi connectivity index (χ1v) is 7.55. The van der Waals surface area contributed by atoms with Crippen LogP contribution in [0.5, 0.6) is 0 Å². The summed E-state index contributed by atoms with van der Waals surface area (Å²) in [4.78, 5) is 34.4. The number of esters is 1. The maximum Gasteiger partial charge on any atom is 0.338 e. The van der Waals surface area contributed by atoms with Gasteiger partial charge in [-0.2, -0.15) is 0 Å². The van der Waals surface area contributed by atoms with Gasteiger partial charge in [0, 0.05) is 18.1 Å². The Balaban J connectivity index is 1.68. The van der Waals surface area contributed by atoms with Crippen LogP contribution in [0.1, 0.15) is 42.5 Å². The van der Waals surface area contributed by atoms with Gasteiger partial charge in [-0.25, -0.2) is 4.79 Å². The van der Waals surface area contributed by atoms with Gasteiger partial charge in [-0.15, -0.1) is 0 Å². The van der Waals surface area contributed by atoms with E-state index in [-0.39, 0.29) is 35.0 Å². The van der Waals surface area contributed by atoms with E-state index in [4.69, 9.17) is 4.74 Å². The number of non-ortho nitro benzene ring substituents is 1. The second-order valence-corrected chi connectivity index (χ2v) is 5.96. The van der Waals surface area contributed by atoms with Crippen LogP contribution in [0.4, 0.5) is 5.69 Å². The third-order valence-electron chi connectivity index (χ3n) is 4.66. The molecule has 0 unspecified atom stereocenters. The lowest BCUT2D eigenvalue weighted by atomic mass is 9.70. The molecule has 0 aromatic heterocycles. The molecule has 3 atom stereocenters. The Bertz CT molecular complexity index is 609. The molecule has 1 aromatic rings. The maximum atomic E-state index is 12.2. The highest BCUT2D eigenvalue weighted by Crippen LogP contribution is 2.38. The zero-order valence-electron chi connectivity index (χ0n) is 12.1. The van der Waals surface area contributed by atoms with Crippen molar-refractivity contribution in [1.29, 1.82) is 0 Å². The number of fused-ring (bicyclic) bond motifs is 2. The van der Waals surface area contributed by atoms with Crippen LogP contribution in [0.25, 0.3) is 0 Å². The number of ether oxygens (including phenoxy) is 1. The molecule has 0 saturated heterocycles. The fourth-order valence-corrected chi connectivity index (χ4v) is 3.46. The molecule has 0 aliphatic heterocycles. The van der Waals surface area contributed by atoms with Crippen LogP contribution >= 0.6 is 0 Å². The highest BCUT2D eigenvalue weighted by molar-refractivity contribution is 5.91. The van der Waals surface area contributed by atoms with Crippen molar-refractivity contribution in [2.75, 3.05) is 0 Å². The molecule has 2 fully saturated rings. The zero-order valence-corrected chi connectivity index (χ0v) is 12.1. The van der Waals surface area contributed by atoms with E-state index in [2.05, 4.69) is 0 Å². The number of nitro benzene ring substituents is 1. The van der Waals surface area contributed by atoms with Crippen LogP contribution in [0.3, 0.4) is 0 Å². The molecule has 2 aliphatic carbocycles. The molecule has 6 heteroatoms. The molecule has 6 nitrogen and oxygen atoms in total. The molecule has 0 amide bonds. The van der Waals surface area contributed by atoms with Gasteiger partial charge >= 0.3 is 5.97 Å². The highest BCUT2D eigenvalue weighted by atomic mass is 16.6. The topological polar surface area (TPSA) is 86.5 Å². The van der Waals surface area contributed by atoms with Gasteiger partial charge in [0.15, 0.2) is 0 Å². The number of hydrogen-bond donors (Lipinski definition) is 0. The summed E-state index contributed by atoms with van der Waals surface area (Å²) >= 11 is 0. The van der Waals surface area contributed by atoms with Crippen molar-refractivity contribution in [3.05, 3.63) is 39.9 Å². The molecule has 2 saturated carbocycles. The van der Waals surface area contributed by atoms with Crippen molar-refractivity contribution in [1.82, 2.24) is 0 Å². The molecular formula is C16H17NO5. The third kappa shape index (κ3) is 2.73. The van der Waals surface area contributed by atoms with E-state index >= 15 is 0 Å². The van der Waals surface area contributed by atoms with Crippen molar-refractivity contribution in [3.63, 3.8) is 0 Å². The summed E-state index contributed by atoms with van der Waals surface area (Å²) in [7, 11) is 0. The first-order chi connectivity index (χ1) is 10.6. The summed E-state index contributed by atoms with van der Waals surface area (Å²) in [6, 6.07) is 5.32. The van der Waals surface area contributed by atoms with Crippen LogP contribution in [-0.2, 0) is 9.53 Å². The number of carbonyl (C=O) groups is 2. The molecule has 0 radical (unpaired) electrons. The Hall–Kier alpha value is -2.24. The number of ketones is 1. The number of rotatable bonds is 3. The Morgan fingerprint density at radius 1 is 1.14 bits per heavy atom. The molecule has 0 spiro atoms. The molecule has 1 aromatic carbocycles. The van der Waals surface area contributed by atoms with Gasteiger partial charge in [-0.05, 0) is 37.8 Å². The summed E-state index contributed by atoms with van der Waals surface area (Å²) in [5, 5.41) is 10.6. The number of carbonyl (C=O) groups excluding carboxylic acids is 2. The van der Waals surface area contributed by atoms with Gasteiger partial charge in [0.1, 0.15) is 11.9 Å². The van der Waals surface area contributed by atoms with Crippen molar-refractivity contribution in [2.45, 2.75) is 38.2 Å². The molecule has 3 rings (SSSR count). The lowest BCUT2D eigenvalue weighted by molar-refractivity contribution is -0.384. The Morgan fingerprint density at radius 2 is 1.86 bits per heavy atom. The predicted octanol–water partition coefficient (Wildman–Crippen LogP) is 2.90. The standard InChI is InChI=1S/C16H17NO5/c18-15-10-2-1-3-13(15)14(9-6-10)22-16(19)11-4-7-12(8-5-11)17(20)21/h4-5,7-8,10,13-14H,1-3,6,9H2/t10-,13-,14+/m0/s1. The van der Waals surface area contributed by atoms with Gasteiger partial charge in [0.05, 0.1) is 16.4 Å². The van der Waals surface area contributed by atoms with E-state index in [1.54, 1.807) is 0 Å². The van der Waals surface area contributed by atoms with E-state index in [0.29, 0.717) is 0 Å². The Kier molecular flexibility index (Phi) is 3.92. The zero-order chi connectivity index (χ0) is 15.7.